The Morgan fingerprint density at radius 3 is 3.07 bits per heavy atom. The normalized spacial score (nSPS) is 26.3. The fraction of sp³-hybridized carbons (Fsp3) is 0.818. The smallest absolute Gasteiger partial charge is 0.137 e. The van der Waals surface area contributed by atoms with Crippen molar-refractivity contribution in [3.05, 3.63) is 11.6 Å². The van der Waals surface area contributed by atoms with Crippen LogP contribution in [0.2, 0.25) is 0 Å². The third-order valence-electron chi connectivity index (χ3n) is 3.55. The second kappa shape index (κ2) is 3.93. The van der Waals surface area contributed by atoms with Crippen molar-refractivity contribution < 1.29 is 0 Å². The molecule has 0 saturated carbocycles. The molecule has 1 fully saturated rings. The van der Waals surface area contributed by atoms with Crippen molar-refractivity contribution >= 4 is 0 Å². The van der Waals surface area contributed by atoms with Crippen molar-refractivity contribution in [3.8, 4) is 0 Å². The van der Waals surface area contributed by atoms with Crippen molar-refractivity contribution in [1.82, 2.24) is 20.1 Å². The minimum Gasteiger partial charge on any atom is -0.316 e. The highest BCUT2D eigenvalue weighted by molar-refractivity contribution is 5.05. The Kier molecular flexibility index (Phi) is 2.44. The van der Waals surface area contributed by atoms with Gasteiger partial charge in [-0.05, 0) is 32.2 Å². The number of nitrogens with one attached hydrogen (secondary N) is 1. The van der Waals surface area contributed by atoms with E-state index in [0.717, 1.165) is 26.1 Å². The van der Waals surface area contributed by atoms with Gasteiger partial charge in [-0.1, -0.05) is 0 Å². The minimum atomic E-state index is 0.595. The molecule has 0 unspecified atom stereocenters. The molecule has 0 spiro atoms. The van der Waals surface area contributed by atoms with Gasteiger partial charge in [-0.25, -0.2) is 0 Å². The van der Waals surface area contributed by atoms with E-state index in [9.17, 15) is 0 Å². The average Bonchev–Trinajstić information content (AvgIpc) is 2.74. The molecule has 2 aliphatic rings. The van der Waals surface area contributed by atoms with E-state index in [-0.39, 0.29) is 0 Å². The van der Waals surface area contributed by atoms with Gasteiger partial charge in [0.2, 0.25) is 0 Å². The maximum absolute atomic E-state index is 4.39. The first-order valence-electron chi connectivity index (χ1n) is 6.08. The monoisotopic (exact) mass is 206 g/mol. The zero-order chi connectivity index (χ0) is 10.1. The van der Waals surface area contributed by atoms with Gasteiger partial charge < -0.3 is 9.88 Å². The van der Waals surface area contributed by atoms with Crippen LogP contribution in [0.3, 0.4) is 0 Å². The predicted molar refractivity (Wildman–Crippen MR) is 57.8 cm³/mol. The van der Waals surface area contributed by atoms with Crippen LogP contribution in [0.5, 0.6) is 0 Å². The predicted octanol–water partition coefficient (Wildman–Crippen LogP) is 1.08. The number of rotatable bonds is 1. The van der Waals surface area contributed by atoms with Gasteiger partial charge >= 0.3 is 0 Å². The Morgan fingerprint density at radius 2 is 2.20 bits per heavy atom. The zero-order valence-electron chi connectivity index (χ0n) is 9.08. The number of aryl methyl sites for hydroxylation is 1. The summed E-state index contributed by atoms with van der Waals surface area (Å²) in [6.07, 6.45) is 6.23. The largest absolute Gasteiger partial charge is 0.316 e. The quantitative estimate of drug-likeness (QED) is 0.747. The van der Waals surface area contributed by atoms with Gasteiger partial charge in [-0.15, -0.1) is 10.2 Å². The van der Waals surface area contributed by atoms with E-state index in [1.54, 1.807) is 0 Å². The third kappa shape index (κ3) is 1.67. The van der Waals surface area contributed by atoms with Crippen molar-refractivity contribution in [2.75, 3.05) is 13.1 Å². The summed E-state index contributed by atoms with van der Waals surface area (Å²) in [4.78, 5) is 0. The van der Waals surface area contributed by atoms with Gasteiger partial charge in [-0.3, -0.25) is 0 Å². The number of piperidine rings is 1. The molecule has 1 saturated heterocycles. The van der Waals surface area contributed by atoms with Crippen molar-refractivity contribution in [1.29, 1.82) is 0 Å². The van der Waals surface area contributed by atoms with E-state index in [1.807, 2.05) is 0 Å². The van der Waals surface area contributed by atoms with Crippen LogP contribution in [0, 0.1) is 0 Å². The molecule has 0 aliphatic carbocycles. The molecular weight excluding hydrogens is 188 g/mol. The molecular formula is C11H18N4. The first-order valence-corrected chi connectivity index (χ1v) is 6.08. The Bertz CT molecular complexity index is 338. The van der Waals surface area contributed by atoms with Crippen molar-refractivity contribution in [2.45, 2.75) is 44.6 Å². The second-order valence-corrected chi connectivity index (χ2v) is 4.63. The lowest BCUT2D eigenvalue weighted by molar-refractivity contribution is 0.417. The summed E-state index contributed by atoms with van der Waals surface area (Å²) in [7, 11) is 0. The van der Waals surface area contributed by atoms with Gasteiger partial charge in [-0.2, -0.15) is 0 Å². The topological polar surface area (TPSA) is 42.7 Å². The van der Waals surface area contributed by atoms with E-state index in [4.69, 9.17) is 0 Å². The summed E-state index contributed by atoms with van der Waals surface area (Å²) in [6.45, 7) is 3.38. The van der Waals surface area contributed by atoms with Crippen LogP contribution in [-0.2, 0) is 13.0 Å². The molecule has 15 heavy (non-hydrogen) atoms. The summed E-state index contributed by atoms with van der Waals surface area (Å²) in [6, 6.07) is 0. The molecule has 82 valence electrons. The molecule has 0 bridgehead atoms. The zero-order valence-corrected chi connectivity index (χ0v) is 9.08. The highest BCUT2D eigenvalue weighted by atomic mass is 15.3. The maximum Gasteiger partial charge on any atom is 0.137 e. The molecule has 2 aliphatic heterocycles. The number of nitrogens with zero attached hydrogens (tertiary/aromatic N) is 3. The van der Waals surface area contributed by atoms with E-state index in [1.165, 1.54) is 37.3 Å². The number of fused-ring (bicyclic) bond motifs is 1. The minimum absolute atomic E-state index is 0.595. The Balaban J connectivity index is 1.87. The lowest BCUT2D eigenvalue weighted by Gasteiger charge is -2.24. The standard InChI is InChI=1S/C11H18N4/c1-2-7-15-10(5-1)13-14-11(15)9-4-3-6-12-8-9/h9,12H,1-8H2/t9-/m0/s1. The van der Waals surface area contributed by atoms with Gasteiger partial charge in [0.15, 0.2) is 0 Å². The second-order valence-electron chi connectivity index (χ2n) is 4.63. The molecule has 0 aromatic carbocycles. The lowest BCUT2D eigenvalue weighted by atomic mass is 9.98. The van der Waals surface area contributed by atoms with Gasteiger partial charge in [0.05, 0.1) is 0 Å². The number of hydrogen-bond donors (Lipinski definition) is 1. The summed E-state index contributed by atoms with van der Waals surface area (Å²) >= 11 is 0. The molecule has 3 heterocycles. The van der Waals surface area contributed by atoms with Crippen LogP contribution in [0.25, 0.3) is 0 Å². The van der Waals surface area contributed by atoms with Gasteiger partial charge in [0, 0.05) is 25.4 Å². The third-order valence-corrected chi connectivity index (χ3v) is 3.55. The molecule has 1 N–H and O–H groups in total. The molecule has 4 heteroatoms. The summed E-state index contributed by atoms with van der Waals surface area (Å²) in [5, 5.41) is 12.2. The highest BCUT2D eigenvalue weighted by Crippen LogP contribution is 2.24. The van der Waals surface area contributed by atoms with Crippen LogP contribution >= 0.6 is 0 Å². The Hall–Kier alpha value is -0.900. The van der Waals surface area contributed by atoms with Crippen molar-refractivity contribution in [3.63, 3.8) is 0 Å². The van der Waals surface area contributed by atoms with E-state index < -0.39 is 0 Å². The molecule has 0 radical (unpaired) electrons. The van der Waals surface area contributed by atoms with Crippen molar-refractivity contribution in [2.24, 2.45) is 0 Å². The molecule has 1 aromatic heterocycles. The van der Waals surface area contributed by atoms with E-state index >= 15 is 0 Å². The van der Waals surface area contributed by atoms with Crippen LogP contribution in [0.15, 0.2) is 0 Å². The molecule has 3 rings (SSSR count). The molecule has 0 amide bonds. The number of aromatic nitrogens is 3. The fourth-order valence-corrected chi connectivity index (χ4v) is 2.70. The summed E-state index contributed by atoms with van der Waals surface area (Å²) < 4.78 is 2.36. The van der Waals surface area contributed by atoms with E-state index in [2.05, 4.69) is 20.1 Å². The van der Waals surface area contributed by atoms with Gasteiger partial charge in [0.1, 0.15) is 11.6 Å². The lowest BCUT2D eigenvalue weighted by Crippen LogP contribution is -2.30. The maximum atomic E-state index is 4.39. The Labute approximate surface area is 90.1 Å². The summed E-state index contributed by atoms with van der Waals surface area (Å²) in [5.41, 5.74) is 0. The van der Waals surface area contributed by atoms with E-state index in [0.29, 0.717) is 5.92 Å². The molecule has 1 aromatic rings. The van der Waals surface area contributed by atoms with Crippen LogP contribution in [0.4, 0.5) is 0 Å². The SMILES string of the molecule is C1CCn2c(nnc2[C@H]2CCCNC2)C1. The first-order chi connectivity index (χ1) is 7.45. The van der Waals surface area contributed by atoms with Crippen LogP contribution in [0.1, 0.15) is 43.3 Å². The van der Waals surface area contributed by atoms with Crippen LogP contribution < -0.4 is 5.32 Å². The van der Waals surface area contributed by atoms with Gasteiger partial charge in [0.25, 0.3) is 0 Å². The Morgan fingerprint density at radius 1 is 1.20 bits per heavy atom. The summed E-state index contributed by atoms with van der Waals surface area (Å²) in [5.74, 6) is 3.04. The first kappa shape index (κ1) is 9.33. The fourth-order valence-electron chi connectivity index (χ4n) is 2.70. The molecule has 4 nitrogen and oxygen atoms in total. The highest BCUT2D eigenvalue weighted by Gasteiger charge is 2.23. The number of hydrogen-bond acceptors (Lipinski definition) is 3. The van der Waals surface area contributed by atoms with Crippen LogP contribution in [-0.4, -0.2) is 27.9 Å². The average molecular weight is 206 g/mol. The molecule has 1 atom stereocenters.